The van der Waals surface area contributed by atoms with Gasteiger partial charge in [0.2, 0.25) is 0 Å². The highest BCUT2D eigenvalue weighted by Crippen LogP contribution is 2.45. The quantitative estimate of drug-likeness (QED) is 0.298. The molecule has 1 aliphatic heterocycles. The molecule has 192 valence electrons. The Kier molecular flexibility index (Phi) is 7.26. The summed E-state index contributed by atoms with van der Waals surface area (Å²) in [6.45, 7) is 14.7. The number of rotatable bonds is 8. The summed E-state index contributed by atoms with van der Waals surface area (Å²) in [6, 6.07) is 10.2. The van der Waals surface area contributed by atoms with Crippen LogP contribution in [-0.4, -0.2) is 23.2 Å². The van der Waals surface area contributed by atoms with Gasteiger partial charge in [-0.2, -0.15) is 0 Å². The molecule has 36 heavy (non-hydrogen) atoms. The second-order valence-electron chi connectivity index (χ2n) is 11.2. The molecule has 0 spiro atoms. The fraction of sp³-hybridized carbons (Fsp3) is 0.500. The minimum atomic E-state index is -0.780. The number of anilines is 1. The number of aliphatic carboxylic acids is 1. The molecule has 0 aliphatic carbocycles. The van der Waals surface area contributed by atoms with Crippen molar-refractivity contribution in [2.24, 2.45) is 0 Å². The summed E-state index contributed by atoms with van der Waals surface area (Å²) >= 11 is 0. The predicted molar refractivity (Wildman–Crippen MR) is 144 cm³/mol. The van der Waals surface area contributed by atoms with Gasteiger partial charge >= 0.3 is 11.6 Å². The van der Waals surface area contributed by atoms with Crippen LogP contribution < -0.4 is 15.1 Å². The summed E-state index contributed by atoms with van der Waals surface area (Å²) in [5, 5.41) is 10.0. The fourth-order valence-electron chi connectivity index (χ4n) is 5.77. The van der Waals surface area contributed by atoms with Crippen LogP contribution in [0, 0.1) is 0 Å². The highest BCUT2D eigenvalue weighted by atomic mass is 16.4. The van der Waals surface area contributed by atoms with E-state index in [-0.39, 0.29) is 17.6 Å². The van der Waals surface area contributed by atoms with E-state index in [0.29, 0.717) is 35.9 Å². The molecular formula is C30H39N2O4+. The number of benzene rings is 1. The van der Waals surface area contributed by atoms with Crippen molar-refractivity contribution >= 4 is 22.6 Å². The van der Waals surface area contributed by atoms with Gasteiger partial charge in [0.1, 0.15) is 12.1 Å². The standard InChI is InChI=1S/C30H38N2O4/c1-7-11-31-13-10-21(16-25(31)19(2)3)24-15-22-14-23-20(4)18-30(5,6)32(12-8-9-28(33)34)26(23)17-27(22)36-29(24)35/h10,13-17,19-20H,7-9,11-12,18H2,1-6H3/p+1. The van der Waals surface area contributed by atoms with Gasteiger partial charge < -0.3 is 14.4 Å². The first-order valence-corrected chi connectivity index (χ1v) is 13.2. The Balaban J connectivity index is 1.80. The smallest absolute Gasteiger partial charge is 0.344 e. The molecular weight excluding hydrogens is 452 g/mol. The average Bonchev–Trinajstić information content (AvgIpc) is 2.80. The van der Waals surface area contributed by atoms with E-state index >= 15 is 0 Å². The van der Waals surface area contributed by atoms with Crippen LogP contribution in [0.4, 0.5) is 5.69 Å². The van der Waals surface area contributed by atoms with Gasteiger partial charge in [-0.05, 0) is 50.3 Å². The van der Waals surface area contributed by atoms with Gasteiger partial charge in [0.15, 0.2) is 11.9 Å². The number of carboxylic acid groups (broad SMARTS) is 1. The summed E-state index contributed by atoms with van der Waals surface area (Å²) in [6.07, 6.45) is 4.80. The van der Waals surface area contributed by atoms with Crippen molar-refractivity contribution in [1.29, 1.82) is 0 Å². The molecule has 1 aliphatic rings. The van der Waals surface area contributed by atoms with E-state index in [2.05, 4.69) is 69.3 Å². The van der Waals surface area contributed by atoms with Gasteiger partial charge in [0.25, 0.3) is 0 Å². The maximum atomic E-state index is 13.2. The zero-order valence-electron chi connectivity index (χ0n) is 22.4. The highest BCUT2D eigenvalue weighted by Gasteiger charge is 2.36. The van der Waals surface area contributed by atoms with Crippen LogP contribution >= 0.6 is 0 Å². The molecule has 4 rings (SSSR count). The number of pyridine rings is 1. The van der Waals surface area contributed by atoms with Crippen LogP contribution in [0.25, 0.3) is 22.1 Å². The Morgan fingerprint density at radius 3 is 2.67 bits per heavy atom. The molecule has 1 unspecified atom stereocenters. The largest absolute Gasteiger partial charge is 0.481 e. The number of hydrogen-bond acceptors (Lipinski definition) is 4. The summed E-state index contributed by atoms with van der Waals surface area (Å²) in [5.74, 6) is -0.104. The zero-order valence-corrected chi connectivity index (χ0v) is 22.4. The van der Waals surface area contributed by atoms with Gasteiger partial charge in [-0.1, -0.05) is 27.7 Å². The van der Waals surface area contributed by atoms with Crippen molar-refractivity contribution in [1.82, 2.24) is 0 Å². The number of aryl methyl sites for hydroxylation is 1. The van der Waals surface area contributed by atoms with Crippen LogP contribution in [0.3, 0.4) is 0 Å². The first-order chi connectivity index (χ1) is 17.0. The lowest BCUT2D eigenvalue weighted by molar-refractivity contribution is -0.705. The molecule has 2 aromatic heterocycles. The van der Waals surface area contributed by atoms with E-state index in [4.69, 9.17) is 9.52 Å². The molecule has 0 bridgehead atoms. The van der Waals surface area contributed by atoms with Gasteiger partial charge in [-0.25, -0.2) is 9.36 Å². The van der Waals surface area contributed by atoms with E-state index in [0.717, 1.165) is 36.0 Å². The van der Waals surface area contributed by atoms with Crippen molar-refractivity contribution in [2.75, 3.05) is 11.4 Å². The Morgan fingerprint density at radius 1 is 1.25 bits per heavy atom. The van der Waals surface area contributed by atoms with E-state index in [1.54, 1.807) is 0 Å². The lowest BCUT2D eigenvalue weighted by Gasteiger charge is -2.47. The van der Waals surface area contributed by atoms with Crippen molar-refractivity contribution < 1.29 is 18.9 Å². The number of hydrogen-bond donors (Lipinski definition) is 1. The molecule has 0 amide bonds. The highest BCUT2D eigenvalue weighted by molar-refractivity contribution is 5.87. The molecule has 6 heteroatoms. The Labute approximate surface area is 213 Å². The number of nitrogens with zero attached hydrogens (tertiary/aromatic N) is 2. The second-order valence-corrected chi connectivity index (χ2v) is 11.2. The molecule has 0 saturated heterocycles. The van der Waals surface area contributed by atoms with Crippen molar-refractivity contribution in [3.8, 4) is 11.1 Å². The van der Waals surface area contributed by atoms with E-state index in [1.165, 1.54) is 11.3 Å². The van der Waals surface area contributed by atoms with Gasteiger partial charge in [0, 0.05) is 65.7 Å². The molecule has 0 radical (unpaired) electrons. The molecule has 6 nitrogen and oxygen atoms in total. The van der Waals surface area contributed by atoms with Crippen LogP contribution in [0.1, 0.15) is 90.3 Å². The molecule has 1 aromatic carbocycles. The lowest BCUT2D eigenvalue weighted by Crippen LogP contribution is -2.48. The third kappa shape index (κ3) is 5.04. The topological polar surface area (TPSA) is 74.6 Å². The van der Waals surface area contributed by atoms with Crippen LogP contribution in [0.5, 0.6) is 0 Å². The number of carboxylic acids is 1. The monoisotopic (exact) mass is 491 g/mol. The number of fused-ring (bicyclic) bond motifs is 2. The Hall–Kier alpha value is -3.15. The summed E-state index contributed by atoms with van der Waals surface area (Å²) < 4.78 is 8.16. The summed E-state index contributed by atoms with van der Waals surface area (Å²) in [7, 11) is 0. The number of carbonyl (C=O) groups is 1. The van der Waals surface area contributed by atoms with Gasteiger partial charge in [-0.3, -0.25) is 4.79 Å². The predicted octanol–water partition coefficient (Wildman–Crippen LogP) is 6.24. The lowest BCUT2D eigenvalue weighted by atomic mass is 9.79. The maximum Gasteiger partial charge on any atom is 0.344 e. The van der Waals surface area contributed by atoms with Gasteiger partial charge in [-0.15, -0.1) is 0 Å². The zero-order chi connectivity index (χ0) is 26.2. The molecule has 3 heterocycles. The summed E-state index contributed by atoms with van der Waals surface area (Å²) in [4.78, 5) is 26.6. The van der Waals surface area contributed by atoms with E-state index in [1.807, 2.05) is 18.2 Å². The molecule has 0 saturated carbocycles. The maximum absolute atomic E-state index is 13.2. The Morgan fingerprint density at radius 2 is 2.00 bits per heavy atom. The first-order valence-electron chi connectivity index (χ1n) is 13.2. The van der Waals surface area contributed by atoms with Crippen LogP contribution in [-0.2, 0) is 11.3 Å². The minimum absolute atomic E-state index is 0.121. The third-order valence-corrected chi connectivity index (χ3v) is 7.45. The second kappa shape index (κ2) is 10.1. The van der Waals surface area contributed by atoms with E-state index in [9.17, 15) is 9.59 Å². The molecule has 1 atom stereocenters. The van der Waals surface area contributed by atoms with Crippen LogP contribution in [0.15, 0.2) is 45.7 Å². The van der Waals surface area contributed by atoms with Gasteiger partial charge in [0.05, 0.1) is 5.56 Å². The number of aromatic nitrogens is 1. The Bertz CT molecular complexity index is 1340. The van der Waals surface area contributed by atoms with E-state index < -0.39 is 5.97 Å². The van der Waals surface area contributed by atoms with Crippen molar-refractivity contribution in [3.05, 3.63) is 58.2 Å². The average molecular weight is 492 g/mol. The van der Waals surface area contributed by atoms with Crippen molar-refractivity contribution in [3.63, 3.8) is 0 Å². The summed E-state index contributed by atoms with van der Waals surface area (Å²) in [5.41, 5.74) is 5.02. The molecule has 0 fully saturated rings. The molecule has 1 N–H and O–H groups in total. The minimum Gasteiger partial charge on any atom is -0.481 e. The SMILES string of the molecule is CCC[n+]1ccc(-c2cc3cc4c(cc3oc2=O)N(CCCC(=O)O)C(C)(C)CC4C)cc1C(C)C. The normalized spacial score (nSPS) is 17.0. The van der Waals surface area contributed by atoms with Crippen molar-refractivity contribution in [2.45, 2.75) is 91.1 Å². The third-order valence-electron chi connectivity index (χ3n) is 7.45. The first kappa shape index (κ1) is 25.9. The van der Waals surface area contributed by atoms with Crippen LogP contribution in [0.2, 0.25) is 0 Å². The fourth-order valence-corrected chi connectivity index (χ4v) is 5.77. The molecule has 3 aromatic rings.